The Labute approximate surface area is 174 Å². The van der Waals surface area contributed by atoms with E-state index in [0.29, 0.717) is 34.7 Å². The van der Waals surface area contributed by atoms with Crippen LogP contribution in [0.4, 0.5) is 0 Å². The SMILES string of the molecule is COC(=O)c1ccc(O[C@@H]2C[C@@H]3CN(Cc4n[nH]c(C)c4Cl)C[C@@H]3C[C@H]2O)cc1. The van der Waals surface area contributed by atoms with Crippen molar-refractivity contribution in [1.29, 1.82) is 0 Å². The Kier molecular flexibility index (Phi) is 5.81. The van der Waals surface area contributed by atoms with E-state index in [2.05, 4.69) is 15.1 Å². The van der Waals surface area contributed by atoms with Crippen molar-refractivity contribution >= 4 is 17.6 Å². The molecule has 2 N–H and O–H groups in total. The Bertz CT molecular complexity index is 869. The van der Waals surface area contributed by atoms with Gasteiger partial charge in [0.05, 0.1) is 35.2 Å². The number of aromatic nitrogens is 2. The quantitative estimate of drug-likeness (QED) is 0.724. The highest BCUT2D eigenvalue weighted by Crippen LogP contribution is 2.38. The highest BCUT2D eigenvalue weighted by Gasteiger charge is 2.42. The first-order valence-electron chi connectivity index (χ1n) is 9.89. The van der Waals surface area contributed by atoms with Crippen LogP contribution in [0, 0.1) is 18.8 Å². The number of hydrogen-bond acceptors (Lipinski definition) is 6. The number of aryl methyl sites for hydroxylation is 1. The molecule has 1 aromatic heterocycles. The number of carbonyl (C=O) groups excluding carboxylic acids is 1. The summed E-state index contributed by atoms with van der Waals surface area (Å²) in [5.74, 6) is 1.19. The number of aliphatic hydroxyl groups excluding tert-OH is 1. The van der Waals surface area contributed by atoms with E-state index in [1.165, 1.54) is 7.11 Å². The van der Waals surface area contributed by atoms with Gasteiger partial charge in [-0.15, -0.1) is 0 Å². The topological polar surface area (TPSA) is 87.7 Å². The number of hydrogen-bond donors (Lipinski definition) is 2. The van der Waals surface area contributed by atoms with Gasteiger partial charge in [-0.25, -0.2) is 4.79 Å². The number of H-pyrrole nitrogens is 1. The Morgan fingerprint density at radius 1 is 1.28 bits per heavy atom. The van der Waals surface area contributed by atoms with E-state index in [1.54, 1.807) is 24.3 Å². The zero-order valence-corrected chi connectivity index (χ0v) is 17.4. The number of aliphatic hydroxyl groups is 1. The van der Waals surface area contributed by atoms with Crippen molar-refractivity contribution in [3.05, 3.63) is 46.2 Å². The van der Waals surface area contributed by atoms with Crippen molar-refractivity contribution in [1.82, 2.24) is 15.1 Å². The fourth-order valence-corrected chi connectivity index (χ4v) is 4.63. The summed E-state index contributed by atoms with van der Waals surface area (Å²) in [6, 6.07) is 6.83. The molecule has 7 nitrogen and oxygen atoms in total. The van der Waals surface area contributed by atoms with Crippen molar-refractivity contribution in [2.75, 3.05) is 20.2 Å². The summed E-state index contributed by atoms with van der Waals surface area (Å²) in [5, 5.41) is 18.6. The third kappa shape index (κ3) is 4.27. The molecule has 1 aliphatic heterocycles. The summed E-state index contributed by atoms with van der Waals surface area (Å²) in [5.41, 5.74) is 2.24. The number of halogens is 1. The molecule has 1 saturated carbocycles. The third-order valence-corrected chi connectivity index (χ3v) is 6.54. The van der Waals surface area contributed by atoms with E-state index in [9.17, 15) is 9.90 Å². The molecule has 2 aliphatic rings. The number of nitrogens with zero attached hydrogens (tertiary/aromatic N) is 2. The van der Waals surface area contributed by atoms with Gasteiger partial charge >= 0.3 is 5.97 Å². The first-order chi connectivity index (χ1) is 13.9. The molecule has 1 aromatic carbocycles. The lowest BCUT2D eigenvalue weighted by Gasteiger charge is -2.35. The summed E-state index contributed by atoms with van der Waals surface area (Å²) in [4.78, 5) is 13.9. The van der Waals surface area contributed by atoms with Crippen molar-refractivity contribution in [2.45, 2.75) is 38.5 Å². The third-order valence-electron chi connectivity index (χ3n) is 6.04. The largest absolute Gasteiger partial charge is 0.488 e. The lowest BCUT2D eigenvalue weighted by Crippen LogP contribution is -2.42. The number of ether oxygens (including phenoxy) is 2. The number of carbonyl (C=O) groups is 1. The Hall–Kier alpha value is -2.09. The molecule has 2 fully saturated rings. The molecule has 0 amide bonds. The van der Waals surface area contributed by atoms with Gasteiger partial charge in [-0.2, -0.15) is 5.10 Å². The van der Waals surface area contributed by atoms with Crippen LogP contribution in [0.25, 0.3) is 0 Å². The molecule has 0 unspecified atom stereocenters. The normalized spacial score (nSPS) is 26.9. The van der Waals surface area contributed by atoms with Crippen molar-refractivity contribution < 1.29 is 19.4 Å². The minimum atomic E-state index is -0.507. The molecule has 1 saturated heterocycles. The Morgan fingerprint density at radius 3 is 2.59 bits per heavy atom. The van der Waals surface area contributed by atoms with Crippen LogP contribution >= 0.6 is 11.6 Å². The van der Waals surface area contributed by atoms with E-state index in [0.717, 1.165) is 37.3 Å². The summed E-state index contributed by atoms with van der Waals surface area (Å²) >= 11 is 6.31. The summed E-state index contributed by atoms with van der Waals surface area (Å²) in [7, 11) is 1.35. The number of methoxy groups -OCH3 is 1. The predicted molar refractivity (Wildman–Crippen MR) is 108 cm³/mol. The van der Waals surface area contributed by atoms with Crippen LogP contribution in [0.1, 0.15) is 34.6 Å². The van der Waals surface area contributed by atoms with E-state index in [4.69, 9.17) is 21.1 Å². The highest BCUT2D eigenvalue weighted by molar-refractivity contribution is 6.31. The van der Waals surface area contributed by atoms with Crippen molar-refractivity contribution in [2.24, 2.45) is 11.8 Å². The molecule has 2 heterocycles. The molecule has 4 rings (SSSR count). The van der Waals surface area contributed by atoms with Gasteiger partial charge in [0.1, 0.15) is 11.9 Å². The van der Waals surface area contributed by atoms with Crippen LogP contribution in [-0.4, -0.2) is 58.6 Å². The average Bonchev–Trinajstić information content (AvgIpc) is 3.25. The smallest absolute Gasteiger partial charge is 0.337 e. The fourth-order valence-electron chi connectivity index (χ4n) is 4.49. The maximum absolute atomic E-state index is 11.6. The van der Waals surface area contributed by atoms with Crippen molar-refractivity contribution in [3.8, 4) is 5.75 Å². The van der Waals surface area contributed by atoms with Crippen LogP contribution in [0.2, 0.25) is 5.02 Å². The zero-order chi connectivity index (χ0) is 20.5. The molecule has 1 aliphatic carbocycles. The first-order valence-corrected chi connectivity index (χ1v) is 10.3. The fraction of sp³-hybridized carbons (Fsp3) is 0.524. The maximum Gasteiger partial charge on any atom is 0.337 e. The lowest BCUT2D eigenvalue weighted by atomic mass is 9.78. The van der Waals surface area contributed by atoms with Gasteiger partial charge in [0.25, 0.3) is 0 Å². The molecular formula is C21H26ClN3O4. The van der Waals surface area contributed by atoms with E-state index in [-0.39, 0.29) is 12.1 Å². The minimum Gasteiger partial charge on any atom is -0.488 e. The first kappa shape index (κ1) is 20.2. The maximum atomic E-state index is 11.6. The van der Waals surface area contributed by atoms with Crippen LogP contribution in [0.5, 0.6) is 5.75 Å². The van der Waals surface area contributed by atoms with Gasteiger partial charge in [-0.3, -0.25) is 10.00 Å². The predicted octanol–water partition coefficient (Wildman–Crippen LogP) is 2.81. The molecule has 0 spiro atoms. The molecule has 2 aromatic rings. The van der Waals surface area contributed by atoms with Gasteiger partial charge in [-0.05, 0) is 55.9 Å². The molecule has 0 radical (unpaired) electrons. The summed E-state index contributed by atoms with van der Waals surface area (Å²) in [6.45, 7) is 4.51. The summed E-state index contributed by atoms with van der Waals surface area (Å²) < 4.78 is 10.8. The van der Waals surface area contributed by atoms with Gasteiger partial charge in [0.2, 0.25) is 0 Å². The lowest BCUT2D eigenvalue weighted by molar-refractivity contribution is -0.0231. The summed E-state index contributed by atoms with van der Waals surface area (Å²) in [6.07, 6.45) is 0.762. The van der Waals surface area contributed by atoms with Crippen LogP contribution in [0.15, 0.2) is 24.3 Å². The second-order valence-electron chi connectivity index (χ2n) is 8.03. The second kappa shape index (κ2) is 8.34. The number of fused-ring (bicyclic) bond motifs is 1. The van der Waals surface area contributed by atoms with E-state index in [1.807, 2.05) is 6.92 Å². The molecule has 0 bridgehead atoms. The van der Waals surface area contributed by atoms with E-state index < -0.39 is 6.10 Å². The molecule has 29 heavy (non-hydrogen) atoms. The Balaban J connectivity index is 1.36. The molecule has 156 valence electrons. The molecule has 4 atom stereocenters. The number of likely N-dealkylation sites (tertiary alicyclic amines) is 1. The standard InChI is InChI=1S/C21H26ClN3O4/c1-12-20(22)17(24-23-12)11-25-9-14-7-18(26)19(8-15(14)10-25)29-16-5-3-13(4-6-16)21(27)28-2/h3-6,14-15,18-19,26H,7-11H2,1-2H3,(H,23,24)/t14-,15+,18+,19+/m0/s1. The average molecular weight is 420 g/mol. The minimum absolute atomic E-state index is 0.253. The highest BCUT2D eigenvalue weighted by atomic mass is 35.5. The van der Waals surface area contributed by atoms with Crippen LogP contribution in [-0.2, 0) is 11.3 Å². The van der Waals surface area contributed by atoms with Gasteiger partial charge in [-0.1, -0.05) is 11.6 Å². The number of nitrogens with one attached hydrogen (secondary N) is 1. The number of rotatable bonds is 5. The van der Waals surface area contributed by atoms with Crippen molar-refractivity contribution in [3.63, 3.8) is 0 Å². The van der Waals surface area contributed by atoms with Gasteiger partial charge in [0, 0.05) is 19.6 Å². The molecular weight excluding hydrogens is 394 g/mol. The van der Waals surface area contributed by atoms with E-state index >= 15 is 0 Å². The second-order valence-corrected chi connectivity index (χ2v) is 8.41. The number of aromatic amines is 1. The molecule has 8 heteroatoms. The number of esters is 1. The van der Waals surface area contributed by atoms with Crippen LogP contribution < -0.4 is 4.74 Å². The zero-order valence-electron chi connectivity index (χ0n) is 16.6. The van der Waals surface area contributed by atoms with Crippen LogP contribution in [0.3, 0.4) is 0 Å². The van der Waals surface area contributed by atoms with Gasteiger partial charge < -0.3 is 14.6 Å². The van der Waals surface area contributed by atoms with Gasteiger partial charge in [0.15, 0.2) is 0 Å². The Morgan fingerprint density at radius 2 is 1.97 bits per heavy atom. The number of benzene rings is 1. The monoisotopic (exact) mass is 419 g/mol.